The number of amides is 1. The molecule has 0 fully saturated rings. The molecule has 1 aliphatic rings. The highest BCUT2D eigenvalue weighted by molar-refractivity contribution is 14.0. The number of nitrogens with one attached hydrogen (secondary N) is 1. The minimum Gasteiger partial charge on any atom is -0.356 e. The smallest absolute Gasteiger partial charge is 0.222 e. The van der Waals surface area contributed by atoms with Crippen molar-refractivity contribution in [2.45, 2.75) is 32.4 Å². The van der Waals surface area contributed by atoms with Gasteiger partial charge in [0.15, 0.2) is 5.96 Å². The van der Waals surface area contributed by atoms with E-state index in [2.05, 4.69) is 33.4 Å². The Morgan fingerprint density at radius 1 is 1.17 bits per heavy atom. The van der Waals surface area contributed by atoms with E-state index in [4.69, 9.17) is 11.6 Å². The lowest BCUT2D eigenvalue weighted by atomic mass is 9.99. The molecule has 3 rings (SSSR count). The summed E-state index contributed by atoms with van der Waals surface area (Å²) < 4.78 is 0. The summed E-state index contributed by atoms with van der Waals surface area (Å²) in [5.41, 5.74) is 3.81. The molecule has 0 unspecified atom stereocenters. The third kappa shape index (κ3) is 6.87. The van der Waals surface area contributed by atoms with Crippen molar-refractivity contribution in [1.29, 1.82) is 0 Å². The molecule has 1 N–H and O–H groups in total. The van der Waals surface area contributed by atoms with Crippen molar-refractivity contribution in [2.24, 2.45) is 4.99 Å². The number of nitrogens with zero attached hydrogens (tertiary/aromatic N) is 3. The molecule has 1 aliphatic heterocycles. The molecule has 0 spiro atoms. The summed E-state index contributed by atoms with van der Waals surface area (Å²) in [5, 5.41) is 4.09. The number of aliphatic imine (C=N–C) groups is 1. The van der Waals surface area contributed by atoms with E-state index >= 15 is 0 Å². The minimum atomic E-state index is 0. The van der Waals surface area contributed by atoms with Crippen LogP contribution in [-0.4, -0.2) is 48.9 Å². The van der Waals surface area contributed by atoms with Crippen LogP contribution in [-0.2, 0) is 24.3 Å². The Hall–Kier alpha value is -1.80. The molecular weight excluding hydrogens is 511 g/mol. The number of benzene rings is 2. The van der Waals surface area contributed by atoms with Crippen LogP contribution in [0.2, 0.25) is 5.02 Å². The fraction of sp³-hybridized carbons (Fsp3) is 0.391. The molecule has 2 aromatic rings. The topological polar surface area (TPSA) is 47.9 Å². The lowest BCUT2D eigenvalue weighted by Gasteiger charge is -2.29. The molecule has 0 atom stereocenters. The normalized spacial score (nSPS) is 13.3. The van der Waals surface area contributed by atoms with E-state index in [9.17, 15) is 4.79 Å². The Morgan fingerprint density at radius 3 is 2.57 bits per heavy atom. The van der Waals surface area contributed by atoms with Crippen LogP contribution in [0.5, 0.6) is 0 Å². The Balaban J connectivity index is 0.00000320. The molecule has 30 heavy (non-hydrogen) atoms. The van der Waals surface area contributed by atoms with Crippen molar-refractivity contribution in [1.82, 2.24) is 15.1 Å². The molecule has 0 aromatic heterocycles. The number of hydrogen-bond donors (Lipinski definition) is 1. The zero-order valence-electron chi connectivity index (χ0n) is 17.6. The zero-order valence-corrected chi connectivity index (χ0v) is 20.7. The Bertz CT molecular complexity index is 857. The first-order valence-electron chi connectivity index (χ1n) is 10.1. The summed E-state index contributed by atoms with van der Waals surface area (Å²) in [5.74, 6) is 1.05. The molecule has 7 heteroatoms. The van der Waals surface area contributed by atoms with E-state index in [-0.39, 0.29) is 29.9 Å². The third-order valence-corrected chi connectivity index (χ3v) is 5.49. The van der Waals surface area contributed by atoms with Crippen LogP contribution in [0.15, 0.2) is 53.5 Å². The third-order valence-electron chi connectivity index (χ3n) is 5.24. The van der Waals surface area contributed by atoms with Gasteiger partial charge in [-0.3, -0.25) is 9.79 Å². The van der Waals surface area contributed by atoms with Crippen molar-refractivity contribution in [3.05, 3.63) is 70.2 Å². The van der Waals surface area contributed by atoms with Gasteiger partial charge < -0.3 is 15.1 Å². The van der Waals surface area contributed by atoms with Crippen molar-refractivity contribution in [3.63, 3.8) is 0 Å². The molecule has 0 saturated carbocycles. The number of guanidine groups is 1. The summed E-state index contributed by atoms with van der Waals surface area (Å²) in [4.78, 5) is 21.0. The van der Waals surface area contributed by atoms with Crippen LogP contribution in [0.1, 0.15) is 29.5 Å². The molecule has 2 aromatic carbocycles. The maximum Gasteiger partial charge on any atom is 0.222 e. The summed E-state index contributed by atoms with van der Waals surface area (Å²) in [6, 6.07) is 16.2. The van der Waals surface area contributed by atoms with Crippen LogP contribution in [0, 0.1) is 0 Å². The Kier molecular flexibility index (Phi) is 9.91. The molecular formula is C23H30ClIN4O. The quantitative estimate of drug-likeness (QED) is 0.257. The number of carbonyl (C=O) groups excluding carboxylic acids is 1. The first-order valence-corrected chi connectivity index (χ1v) is 10.5. The van der Waals surface area contributed by atoms with Crippen LogP contribution < -0.4 is 5.32 Å². The summed E-state index contributed by atoms with van der Waals surface area (Å²) in [6.45, 7) is 3.00. The molecule has 0 radical (unpaired) electrons. The maximum absolute atomic E-state index is 12.6. The molecule has 1 amide bonds. The monoisotopic (exact) mass is 540 g/mol. The van der Waals surface area contributed by atoms with Crippen LogP contribution in [0.4, 0.5) is 0 Å². The predicted molar refractivity (Wildman–Crippen MR) is 134 cm³/mol. The second-order valence-corrected chi connectivity index (χ2v) is 7.83. The fourth-order valence-corrected chi connectivity index (χ4v) is 3.76. The maximum atomic E-state index is 12.6. The zero-order chi connectivity index (χ0) is 20.6. The lowest BCUT2D eigenvalue weighted by molar-refractivity contribution is -0.132. The van der Waals surface area contributed by atoms with Gasteiger partial charge >= 0.3 is 0 Å². The lowest BCUT2D eigenvalue weighted by Crippen LogP contribution is -2.39. The molecule has 5 nitrogen and oxygen atoms in total. The highest BCUT2D eigenvalue weighted by Gasteiger charge is 2.19. The van der Waals surface area contributed by atoms with E-state index in [0.717, 1.165) is 43.5 Å². The highest BCUT2D eigenvalue weighted by atomic mass is 127. The van der Waals surface area contributed by atoms with Gasteiger partial charge in [-0.25, -0.2) is 0 Å². The van der Waals surface area contributed by atoms with Gasteiger partial charge in [-0.2, -0.15) is 0 Å². The van der Waals surface area contributed by atoms with E-state index in [1.807, 2.05) is 42.3 Å². The summed E-state index contributed by atoms with van der Waals surface area (Å²) in [7, 11) is 3.78. The van der Waals surface area contributed by atoms with Crippen molar-refractivity contribution < 1.29 is 4.79 Å². The molecule has 162 valence electrons. The van der Waals surface area contributed by atoms with Crippen molar-refractivity contribution in [3.8, 4) is 0 Å². The van der Waals surface area contributed by atoms with E-state index in [0.29, 0.717) is 13.0 Å². The second kappa shape index (κ2) is 12.2. The van der Waals surface area contributed by atoms with Crippen LogP contribution in [0.3, 0.4) is 0 Å². The van der Waals surface area contributed by atoms with E-state index in [1.165, 1.54) is 16.7 Å². The predicted octanol–water partition coefficient (Wildman–Crippen LogP) is 4.33. The van der Waals surface area contributed by atoms with Gasteiger partial charge in [0, 0.05) is 51.7 Å². The number of halogens is 2. The highest BCUT2D eigenvalue weighted by Crippen LogP contribution is 2.19. The van der Waals surface area contributed by atoms with Crippen LogP contribution >= 0.6 is 35.6 Å². The molecule has 1 heterocycles. The van der Waals surface area contributed by atoms with Crippen molar-refractivity contribution in [2.75, 3.05) is 27.2 Å². The van der Waals surface area contributed by atoms with Gasteiger partial charge in [-0.1, -0.05) is 48.0 Å². The van der Waals surface area contributed by atoms with Gasteiger partial charge in [-0.15, -0.1) is 24.0 Å². The average Bonchev–Trinajstić information content (AvgIpc) is 2.74. The first-order chi connectivity index (χ1) is 14.1. The van der Waals surface area contributed by atoms with Gasteiger partial charge in [-0.05, 0) is 41.7 Å². The molecule has 0 saturated heterocycles. The number of hydrogen-bond acceptors (Lipinski definition) is 2. The summed E-state index contributed by atoms with van der Waals surface area (Å²) in [6.07, 6.45) is 2.28. The van der Waals surface area contributed by atoms with Gasteiger partial charge in [0.05, 0.1) is 0 Å². The Morgan fingerprint density at radius 2 is 1.87 bits per heavy atom. The average molecular weight is 541 g/mol. The summed E-state index contributed by atoms with van der Waals surface area (Å²) >= 11 is 5.95. The molecule has 0 aliphatic carbocycles. The van der Waals surface area contributed by atoms with Gasteiger partial charge in [0.1, 0.15) is 0 Å². The standard InChI is InChI=1S/C23H29ClN4O.HI/c1-25-23(27(2)16-18-9-11-21(24)12-10-18)26-14-5-8-22(29)28-15-13-19-6-3-4-7-20(19)17-28;/h3-4,6-7,9-12H,5,8,13-17H2,1-2H3,(H,25,26);1H. The minimum absolute atomic E-state index is 0. The molecule has 0 bridgehead atoms. The van der Waals surface area contributed by atoms with Crippen LogP contribution in [0.25, 0.3) is 0 Å². The first kappa shape index (κ1) is 24.5. The number of rotatable bonds is 6. The largest absolute Gasteiger partial charge is 0.356 e. The SMILES string of the molecule is CN=C(NCCCC(=O)N1CCc2ccccc2C1)N(C)Cc1ccc(Cl)cc1.I. The second-order valence-electron chi connectivity index (χ2n) is 7.39. The Labute approximate surface area is 201 Å². The van der Waals surface area contributed by atoms with E-state index < -0.39 is 0 Å². The number of fused-ring (bicyclic) bond motifs is 1. The van der Waals surface area contributed by atoms with Gasteiger partial charge in [0.25, 0.3) is 0 Å². The van der Waals surface area contributed by atoms with Gasteiger partial charge in [0.2, 0.25) is 5.91 Å². The fourth-order valence-electron chi connectivity index (χ4n) is 3.63. The van der Waals surface area contributed by atoms with Crippen molar-refractivity contribution >= 4 is 47.4 Å². The van der Waals surface area contributed by atoms with E-state index in [1.54, 1.807) is 7.05 Å². The number of carbonyl (C=O) groups is 1.